The van der Waals surface area contributed by atoms with E-state index in [9.17, 15) is 0 Å². The van der Waals surface area contributed by atoms with Gasteiger partial charge in [0.1, 0.15) is 6.34 Å². The van der Waals surface area contributed by atoms with Crippen LogP contribution in [0, 0.1) is 0 Å². The third-order valence-corrected chi connectivity index (χ3v) is 1.11. The number of hydrogen-bond acceptors (Lipinski definition) is 2. The van der Waals surface area contributed by atoms with Crippen LogP contribution in [-0.4, -0.2) is 24.4 Å². The quantitative estimate of drug-likeness (QED) is 0.359. The Hall–Kier alpha value is -0.830. The Labute approximate surface area is 62.4 Å². The first-order valence-electron chi connectivity index (χ1n) is 3.32. The fourth-order valence-electron chi connectivity index (χ4n) is 0.568. The third kappa shape index (κ3) is 3.25. The normalized spacial score (nSPS) is 10.8. The van der Waals surface area contributed by atoms with Crippen LogP contribution in [0.25, 0.3) is 0 Å². The van der Waals surface area contributed by atoms with Gasteiger partial charge in [0.05, 0.1) is 0 Å². The Morgan fingerprint density at radius 3 is 2.50 bits per heavy atom. The maximum atomic E-state index is 3.87. The summed E-state index contributed by atoms with van der Waals surface area (Å²) in [5.41, 5.74) is 2.97. The van der Waals surface area contributed by atoms with Crippen molar-refractivity contribution in [3.05, 3.63) is 12.8 Å². The molecule has 0 saturated carbocycles. The van der Waals surface area contributed by atoms with Crippen LogP contribution in [0.2, 0.25) is 0 Å². The van der Waals surface area contributed by atoms with Gasteiger partial charge in [-0.15, -0.1) is 0 Å². The van der Waals surface area contributed by atoms with Crippen LogP contribution < -0.4 is 5.43 Å². The largest absolute Gasteiger partial charge is 0.296 e. The summed E-state index contributed by atoms with van der Waals surface area (Å²) >= 11 is 0. The molecule has 0 aliphatic carbocycles. The van der Waals surface area contributed by atoms with Gasteiger partial charge in [0.15, 0.2) is 0 Å². The summed E-state index contributed by atoms with van der Waals surface area (Å²) in [6, 6.07) is 0.411. The average Bonchev–Trinajstić information content (AvgIpc) is 1.89. The SMILES string of the molecule is C=CN=CN(NC)C(C)C. The molecule has 0 aromatic carbocycles. The molecular formula is C7H15N3. The van der Waals surface area contributed by atoms with E-state index in [4.69, 9.17) is 0 Å². The molecule has 1 N–H and O–H groups in total. The molecule has 0 bridgehead atoms. The van der Waals surface area contributed by atoms with Crippen molar-refractivity contribution >= 4 is 6.34 Å². The molecule has 0 spiro atoms. The lowest BCUT2D eigenvalue weighted by molar-refractivity contribution is 0.289. The Bertz CT molecular complexity index is 118. The molecule has 0 saturated heterocycles. The van der Waals surface area contributed by atoms with Crippen molar-refractivity contribution in [3.8, 4) is 0 Å². The van der Waals surface area contributed by atoms with Crippen LogP contribution >= 0.6 is 0 Å². The topological polar surface area (TPSA) is 27.6 Å². The van der Waals surface area contributed by atoms with Crippen molar-refractivity contribution < 1.29 is 0 Å². The summed E-state index contributed by atoms with van der Waals surface area (Å²) in [7, 11) is 1.86. The molecule has 0 aliphatic rings. The van der Waals surface area contributed by atoms with Crippen molar-refractivity contribution in [2.75, 3.05) is 7.05 Å². The zero-order chi connectivity index (χ0) is 7.98. The highest BCUT2D eigenvalue weighted by Gasteiger charge is 1.98. The van der Waals surface area contributed by atoms with Gasteiger partial charge in [-0.05, 0) is 13.8 Å². The predicted molar refractivity (Wildman–Crippen MR) is 44.7 cm³/mol. The number of nitrogens with zero attached hydrogens (tertiary/aromatic N) is 2. The van der Waals surface area contributed by atoms with Crippen LogP contribution in [0.3, 0.4) is 0 Å². The van der Waals surface area contributed by atoms with E-state index in [1.807, 2.05) is 12.1 Å². The van der Waals surface area contributed by atoms with E-state index in [0.29, 0.717) is 6.04 Å². The van der Waals surface area contributed by atoms with Crippen molar-refractivity contribution in [2.45, 2.75) is 19.9 Å². The second-order valence-electron chi connectivity index (χ2n) is 2.17. The van der Waals surface area contributed by atoms with Crippen molar-refractivity contribution in [2.24, 2.45) is 4.99 Å². The van der Waals surface area contributed by atoms with Crippen LogP contribution in [0.15, 0.2) is 17.8 Å². The Kier molecular flexibility index (Phi) is 4.58. The Balaban J connectivity index is 3.82. The molecule has 0 aliphatic heterocycles. The zero-order valence-electron chi connectivity index (χ0n) is 6.83. The standard InChI is InChI=1S/C7H15N3/c1-5-9-6-10(8-4)7(2)3/h5-8H,1H2,2-4H3. The zero-order valence-corrected chi connectivity index (χ0v) is 6.83. The van der Waals surface area contributed by atoms with Crippen molar-refractivity contribution in [1.29, 1.82) is 0 Å². The highest BCUT2D eigenvalue weighted by atomic mass is 15.5. The summed E-state index contributed by atoms with van der Waals surface area (Å²) in [6.07, 6.45) is 3.21. The van der Waals surface area contributed by atoms with E-state index in [-0.39, 0.29) is 0 Å². The van der Waals surface area contributed by atoms with Gasteiger partial charge in [0, 0.05) is 19.3 Å². The monoisotopic (exact) mass is 141 g/mol. The van der Waals surface area contributed by atoms with Crippen LogP contribution in [-0.2, 0) is 0 Å². The van der Waals surface area contributed by atoms with Gasteiger partial charge >= 0.3 is 0 Å². The summed E-state index contributed by atoms with van der Waals surface area (Å²) in [4.78, 5) is 3.87. The van der Waals surface area contributed by atoms with E-state index < -0.39 is 0 Å². The number of nitrogens with one attached hydrogen (secondary N) is 1. The highest BCUT2D eigenvalue weighted by molar-refractivity contribution is 5.55. The molecule has 0 radical (unpaired) electrons. The highest BCUT2D eigenvalue weighted by Crippen LogP contribution is 1.87. The molecule has 0 heterocycles. The lowest BCUT2D eigenvalue weighted by Crippen LogP contribution is -2.39. The molecule has 3 nitrogen and oxygen atoms in total. The van der Waals surface area contributed by atoms with Gasteiger partial charge in [-0.2, -0.15) is 0 Å². The Morgan fingerprint density at radius 1 is 1.60 bits per heavy atom. The van der Waals surface area contributed by atoms with Crippen LogP contribution in [0.1, 0.15) is 13.8 Å². The molecular weight excluding hydrogens is 126 g/mol. The number of aliphatic imine (C=N–C) groups is 1. The molecule has 0 amide bonds. The summed E-state index contributed by atoms with van der Waals surface area (Å²) < 4.78 is 0. The van der Waals surface area contributed by atoms with E-state index in [2.05, 4.69) is 30.8 Å². The minimum atomic E-state index is 0.411. The second-order valence-corrected chi connectivity index (χ2v) is 2.17. The predicted octanol–water partition coefficient (Wildman–Crippen LogP) is 1.00. The fourth-order valence-corrected chi connectivity index (χ4v) is 0.568. The molecule has 0 rings (SSSR count). The van der Waals surface area contributed by atoms with Gasteiger partial charge < -0.3 is 0 Å². The van der Waals surface area contributed by atoms with E-state index >= 15 is 0 Å². The molecule has 0 unspecified atom stereocenters. The number of hydrazine groups is 1. The molecule has 0 atom stereocenters. The third-order valence-electron chi connectivity index (χ3n) is 1.11. The van der Waals surface area contributed by atoms with Crippen LogP contribution in [0.4, 0.5) is 0 Å². The van der Waals surface area contributed by atoms with Crippen LogP contribution in [0.5, 0.6) is 0 Å². The molecule has 0 fully saturated rings. The van der Waals surface area contributed by atoms with Gasteiger partial charge in [-0.3, -0.25) is 5.01 Å². The first kappa shape index (κ1) is 9.17. The number of rotatable bonds is 4. The minimum absolute atomic E-state index is 0.411. The molecule has 10 heavy (non-hydrogen) atoms. The average molecular weight is 141 g/mol. The first-order valence-corrected chi connectivity index (χ1v) is 3.32. The lowest BCUT2D eigenvalue weighted by Gasteiger charge is -2.21. The van der Waals surface area contributed by atoms with Gasteiger partial charge in [0.2, 0.25) is 0 Å². The summed E-state index contributed by atoms with van der Waals surface area (Å²) in [5.74, 6) is 0. The fraction of sp³-hybridized carbons (Fsp3) is 0.571. The van der Waals surface area contributed by atoms with Gasteiger partial charge in [0.25, 0.3) is 0 Å². The maximum absolute atomic E-state index is 3.87. The minimum Gasteiger partial charge on any atom is -0.296 e. The van der Waals surface area contributed by atoms with E-state index in [1.165, 1.54) is 6.20 Å². The molecule has 3 heteroatoms. The molecule has 58 valence electrons. The number of hydrogen-bond donors (Lipinski definition) is 1. The van der Waals surface area contributed by atoms with Crippen molar-refractivity contribution in [3.63, 3.8) is 0 Å². The Morgan fingerprint density at radius 2 is 2.20 bits per heavy atom. The molecule has 0 aromatic heterocycles. The van der Waals surface area contributed by atoms with E-state index in [0.717, 1.165) is 0 Å². The lowest BCUT2D eigenvalue weighted by atomic mass is 10.4. The van der Waals surface area contributed by atoms with Gasteiger partial charge in [-0.1, -0.05) is 6.58 Å². The van der Waals surface area contributed by atoms with E-state index in [1.54, 1.807) is 6.34 Å². The maximum Gasteiger partial charge on any atom is 0.105 e. The van der Waals surface area contributed by atoms with Gasteiger partial charge in [-0.25, -0.2) is 10.4 Å². The van der Waals surface area contributed by atoms with Crippen molar-refractivity contribution in [1.82, 2.24) is 10.4 Å². The first-order chi connectivity index (χ1) is 4.72. The second kappa shape index (κ2) is 4.99. The summed E-state index contributed by atoms with van der Waals surface area (Å²) in [5, 5.41) is 1.89. The smallest absolute Gasteiger partial charge is 0.105 e. The molecule has 0 aromatic rings. The summed E-state index contributed by atoms with van der Waals surface area (Å²) in [6.45, 7) is 7.62.